The second-order valence-electron chi connectivity index (χ2n) is 4.34. The lowest BCUT2D eigenvalue weighted by Gasteiger charge is -2.20. The van der Waals surface area contributed by atoms with E-state index in [1.807, 2.05) is 0 Å². The van der Waals surface area contributed by atoms with Crippen LogP contribution in [0.3, 0.4) is 0 Å². The van der Waals surface area contributed by atoms with Crippen molar-refractivity contribution in [1.82, 2.24) is 16.0 Å². The lowest BCUT2D eigenvalue weighted by atomic mass is 10.1. The highest BCUT2D eigenvalue weighted by atomic mass is 19.1. The predicted molar refractivity (Wildman–Crippen MR) is 70.0 cm³/mol. The highest BCUT2D eigenvalue weighted by Gasteiger charge is 2.19. The molecular weight excluding hydrogens is 268 g/mol. The van der Waals surface area contributed by atoms with Gasteiger partial charge in [0.25, 0.3) is 0 Å². The number of hydrogen-bond donors (Lipinski definition) is 3. The summed E-state index contributed by atoms with van der Waals surface area (Å²) in [4.78, 5) is 22.6. The summed E-state index contributed by atoms with van der Waals surface area (Å²) >= 11 is 0. The molecule has 0 aliphatic rings. The van der Waals surface area contributed by atoms with Gasteiger partial charge in [-0.25, -0.2) is 13.6 Å². The van der Waals surface area contributed by atoms with E-state index in [0.29, 0.717) is 0 Å². The average molecular weight is 285 g/mol. The predicted octanol–water partition coefficient (Wildman–Crippen LogP) is 1.46. The van der Waals surface area contributed by atoms with Gasteiger partial charge in [0.05, 0.1) is 6.04 Å². The standard InChI is InChI=1S/C13H17F2N3O2/c1-7(10-5-4-9(14)6-11(10)15)17-8(2)12(19)18-13(20)16-3/h4-8,17H,1-3H3,(H2,16,18,19,20)/t7-,8+/m0/s1. The minimum absolute atomic E-state index is 0.242. The summed E-state index contributed by atoms with van der Waals surface area (Å²) in [5, 5.41) is 7.19. The summed E-state index contributed by atoms with van der Waals surface area (Å²) < 4.78 is 26.4. The highest BCUT2D eigenvalue weighted by Crippen LogP contribution is 2.18. The molecule has 110 valence electrons. The van der Waals surface area contributed by atoms with Crippen LogP contribution in [0.5, 0.6) is 0 Å². The fraction of sp³-hybridized carbons (Fsp3) is 0.385. The first-order valence-corrected chi connectivity index (χ1v) is 6.08. The molecule has 20 heavy (non-hydrogen) atoms. The van der Waals surface area contributed by atoms with Crippen LogP contribution in [0.2, 0.25) is 0 Å². The maximum Gasteiger partial charge on any atom is 0.321 e. The third-order valence-electron chi connectivity index (χ3n) is 2.79. The van der Waals surface area contributed by atoms with E-state index in [2.05, 4.69) is 16.0 Å². The molecule has 3 amide bonds. The molecule has 1 aromatic rings. The van der Waals surface area contributed by atoms with Crippen LogP contribution in [-0.4, -0.2) is 25.0 Å². The number of amides is 3. The Labute approximate surface area is 115 Å². The number of carbonyl (C=O) groups excluding carboxylic acids is 2. The Morgan fingerprint density at radius 1 is 1.20 bits per heavy atom. The van der Waals surface area contributed by atoms with Crippen molar-refractivity contribution in [3.05, 3.63) is 35.4 Å². The summed E-state index contributed by atoms with van der Waals surface area (Å²) in [6.07, 6.45) is 0. The number of carbonyl (C=O) groups is 2. The van der Waals surface area contributed by atoms with E-state index in [4.69, 9.17) is 0 Å². The first-order chi connectivity index (χ1) is 9.35. The molecule has 0 aromatic heterocycles. The molecule has 0 saturated heterocycles. The summed E-state index contributed by atoms with van der Waals surface area (Å²) in [6, 6.07) is 1.39. The van der Waals surface area contributed by atoms with E-state index in [0.717, 1.165) is 12.1 Å². The summed E-state index contributed by atoms with van der Waals surface area (Å²) in [5.41, 5.74) is 0.242. The largest absolute Gasteiger partial charge is 0.341 e. The van der Waals surface area contributed by atoms with Gasteiger partial charge in [-0.15, -0.1) is 0 Å². The topological polar surface area (TPSA) is 70.2 Å². The Balaban J connectivity index is 2.67. The zero-order chi connectivity index (χ0) is 15.3. The number of halogens is 2. The number of urea groups is 1. The van der Waals surface area contributed by atoms with Gasteiger partial charge in [-0.05, 0) is 19.9 Å². The Kier molecular flexibility index (Phi) is 5.57. The van der Waals surface area contributed by atoms with Gasteiger partial charge in [-0.1, -0.05) is 6.07 Å². The van der Waals surface area contributed by atoms with E-state index >= 15 is 0 Å². The van der Waals surface area contributed by atoms with Crippen molar-refractivity contribution < 1.29 is 18.4 Å². The maximum absolute atomic E-state index is 13.6. The van der Waals surface area contributed by atoms with Crippen molar-refractivity contribution >= 4 is 11.9 Å². The Morgan fingerprint density at radius 2 is 1.85 bits per heavy atom. The summed E-state index contributed by atoms with van der Waals surface area (Å²) in [5.74, 6) is -1.90. The van der Waals surface area contributed by atoms with E-state index in [1.54, 1.807) is 6.92 Å². The normalized spacial score (nSPS) is 13.4. The third-order valence-corrected chi connectivity index (χ3v) is 2.79. The van der Waals surface area contributed by atoms with Crippen LogP contribution in [-0.2, 0) is 4.79 Å². The minimum atomic E-state index is -0.716. The lowest BCUT2D eigenvalue weighted by Crippen LogP contribution is -2.47. The molecule has 2 atom stereocenters. The van der Waals surface area contributed by atoms with Gasteiger partial charge in [-0.2, -0.15) is 0 Å². The van der Waals surface area contributed by atoms with Gasteiger partial charge in [0.1, 0.15) is 11.6 Å². The Morgan fingerprint density at radius 3 is 2.40 bits per heavy atom. The zero-order valence-electron chi connectivity index (χ0n) is 11.5. The SMILES string of the molecule is CNC(=O)NC(=O)[C@@H](C)N[C@@H](C)c1ccc(F)cc1F. The van der Waals surface area contributed by atoms with Gasteiger partial charge < -0.3 is 5.32 Å². The number of nitrogens with one attached hydrogen (secondary N) is 3. The Hall–Kier alpha value is -2.02. The molecule has 0 unspecified atom stereocenters. The van der Waals surface area contributed by atoms with Gasteiger partial charge in [0.2, 0.25) is 5.91 Å². The van der Waals surface area contributed by atoms with Crippen molar-refractivity contribution in [2.24, 2.45) is 0 Å². The summed E-state index contributed by atoms with van der Waals surface area (Å²) in [7, 11) is 1.39. The highest BCUT2D eigenvalue weighted by molar-refractivity contribution is 5.96. The molecule has 3 N–H and O–H groups in total. The minimum Gasteiger partial charge on any atom is -0.341 e. The molecule has 0 heterocycles. The van der Waals surface area contributed by atoms with Crippen molar-refractivity contribution in [3.8, 4) is 0 Å². The number of rotatable bonds is 4. The molecule has 7 heteroatoms. The van der Waals surface area contributed by atoms with Crippen molar-refractivity contribution in [2.45, 2.75) is 25.9 Å². The molecule has 1 aromatic carbocycles. The first-order valence-electron chi connectivity index (χ1n) is 6.08. The van der Waals surface area contributed by atoms with Crippen LogP contribution in [0.15, 0.2) is 18.2 Å². The zero-order valence-corrected chi connectivity index (χ0v) is 11.5. The second kappa shape index (κ2) is 6.95. The lowest BCUT2D eigenvalue weighted by molar-refractivity contribution is -0.121. The van der Waals surface area contributed by atoms with E-state index in [-0.39, 0.29) is 5.56 Å². The van der Waals surface area contributed by atoms with Crippen LogP contribution < -0.4 is 16.0 Å². The van der Waals surface area contributed by atoms with Gasteiger partial charge in [0.15, 0.2) is 0 Å². The van der Waals surface area contributed by atoms with Gasteiger partial charge >= 0.3 is 6.03 Å². The number of hydrogen-bond acceptors (Lipinski definition) is 3. The van der Waals surface area contributed by atoms with Crippen LogP contribution >= 0.6 is 0 Å². The third kappa shape index (κ3) is 4.27. The molecule has 0 radical (unpaired) electrons. The Bertz CT molecular complexity index is 508. The van der Waals surface area contributed by atoms with E-state index in [1.165, 1.54) is 20.0 Å². The molecule has 0 aliphatic carbocycles. The molecule has 0 spiro atoms. The van der Waals surface area contributed by atoms with E-state index in [9.17, 15) is 18.4 Å². The number of benzene rings is 1. The molecule has 0 aliphatic heterocycles. The van der Waals surface area contributed by atoms with Crippen LogP contribution in [0.1, 0.15) is 25.5 Å². The van der Waals surface area contributed by atoms with Crippen LogP contribution in [0.25, 0.3) is 0 Å². The maximum atomic E-state index is 13.6. The first kappa shape index (κ1) is 16.0. The molecule has 0 bridgehead atoms. The fourth-order valence-corrected chi connectivity index (χ4v) is 1.68. The van der Waals surface area contributed by atoms with Crippen molar-refractivity contribution in [1.29, 1.82) is 0 Å². The molecular formula is C13H17F2N3O2. The molecule has 5 nitrogen and oxygen atoms in total. The molecule has 1 rings (SSSR count). The fourth-order valence-electron chi connectivity index (χ4n) is 1.68. The van der Waals surface area contributed by atoms with Crippen molar-refractivity contribution in [2.75, 3.05) is 7.05 Å². The number of imide groups is 1. The average Bonchev–Trinajstić information content (AvgIpc) is 2.37. The molecule has 0 saturated carbocycles. The van der Waals surface area contributed by atoms with Crippen LogP contribution in [0, 0.1) is 11.6 Å². The monoisotopic (exact) mass is 285 g/mol. The van der Waals surface area contributed by atoms with Crippen LogP contribution in [0.4, 0.5) is 13.6 Å². The van der Waals surface area contributed by atoms with E-state index < -0.39 is 35.7 Å². The van der Waals surface area contributed by atoms with Gasteiger partial charge in [0, 0.05) is 24.7 Å². The second-order valence-corrected chi connectivity index (χ2v) is 4.34. The molecule has 0 fully saturated rings. The summed E-state index contributed by atoms with van der Waals surface area (Å²) in [6.45, 7) is 3.18. The van der Waals surface area contributed by atoms with Crippen molar-refractivity contribution in [3.63, 3.8) is 0 Å². The quantitative estimate of drug-likeness (QED) is 0.784. The van der Waals surface area contributed by atoms with Gasteiger partial charge in [-0.3, -0.25) is 15.4 Å². The smallest absolute Gasteiger partial charge is 0.321 e.